The van der Waals surface area contributed by atoms with E-state index in [9.17, 15) is 9.90 Å². The second-order valence-electron chi connectivity index (χ2n) is 4.41. The van der Waals surface area contributed by atoms with E-state index in [1.165, 1.54) is 0 Å². The molecule has 1 rings (SSSR count). The SMILES string of the molecule is CCSCCC(=O)N1CCCC1CC(C)O. The third-order valence-corrected chi connectivity index (χ3v) is 3.88. The van der Waals surface area contributed by atoms with Gasteiger partial charge in [0.05, 0.1) is 6.10 Å². The van der Waals surface area contributed by atoms with E-state index in [1.807, 2.05) is 16.7 Å². The first-order chi connectivity index (χ1) is 7.65. The van der Waals surface area contributed by atoms with Gasteiger partial charge in [-0.2, -0.15) is 11.8 Å². The van der Waals surface area contributed by atoms with E-state index in [0.29, 0.717) is 6.42 Å². The molecule has 1 heterocycles. The summed E-state index contributed by atoms with van der Waals surface area (Å²) in [7, 11) is 0. The van der Waals surface area contributed by atoms with Crippen LogP contribution in [0.2, 0.25) is 0 Å². The molecule has 1 aliphatic rings. The molecule has 2 atom stereocenters. The lowest BCUT2D eigenvalue weighted by atomic mass is 10.1. The maximum atomic E-state index is 11.9. The van der Waals surface area contributed by atoms with Crippen molar-refractivity contribution in [1.82, 2.24) is 4.90 Å². The Morgan fingerprint density at radius 3 is 3.00 bits per heavy atom. The van der Waals surface area contributed by atoms with E-state index in [0.717, 1.165) is 37.3 Å². The van der Waals surface area contributed by atoms with Crippen molar-refractivity contribution in [1.29, 1.82) is 0 Å². The molecule has 0 aromatic rings. The molecule has 1 aliphatic heterocycles. The van der Waals surface area contributed by atoms with E-state index in [1.54, 1.807) is 6.92 Å². The van der Waals surface area contributed by atoms with Gasteiger partial charge in [-0.05, 0) is 31.9 Å². The zero-order chi connectivity index (χ0) is 12.0. The number of rotatable bonds is 6. The van der Waals surface area contributed by atoms with Crippen LogP contribution in [-0.4, -0.2) is 46.1 Å². The largest absolute Gasteiger partial charge is 0.393 e. The van der Waals surface area contributed by atoms with Crippen LogP contribution in [0.4, 0.5) is 0 Å². The van der Waals surface area contributed by atoms with Gasteiger partial charge >= 0.3 is 0 Å². The molecule has 0 aromatic heterocycles. The van der Waals surface area contributed by atoms with Crippen LogP contribution in [0.3, 0.4) is 0 Å². The monoisotopic (exact) mass is 245 g/mol. The summed E-state index contributed by atoms with van der Waals surface area (Å²) in [6.45, 7) is 4.79. The summed E-state index contributed by atoms with van der Waals surface area (Å²) in [5.74, 6) is 2.27. The van der Waals surface area contributed by atoms with Gasteiger partial charge in [0.2, 0.25) is 5.91 Å². The lowest BCUT2D eigenvalue weighted by Gasteiger charge is -2.25. The lowest BCUT2D eigenvalue weighted by Crippen LogP contribution is -2.37. The molecular formula is C12H23NO2S. The highest BCUT2D eigenvalue weighted by atomic mass is 32.2. The van der Waals surface area contributed by atoms with Crippen LogP contribution >= 0.6 is 11.8 Å². The van der Waals surface area contributed by atoms with Crippen LogP contribution in [-0.2, 0) is 4.79 Å². The lowest BCUT2D eigenvalue weighted by molar-refractivity contribution is -0.131. The van der Waals surface area contributed by atoms with Gasteiger partial charge in [0, 0.05) is 24.8 Å². The second kappa shape index (κ2) is 7.17. The summed E-state index contributed by atoms with van der Waals surface area (Å²) in [5, 5.41) is 9.38. The molecule has 0 radical (unpaired) electrons. The van der Waals surface area contributed by atoms with E-state index < -0.39 is 0 Å². The van der Waals surface area contributed by atoms with E-state index >= 15 is 0 Å². The van der Waals surface area contributed by atoms with Crippen LogP contribution in [0, 0.1) is 0 Å². The fourth-order valence-electron chi connectivity index (χ4n) is 2.25. The summed E-state index contributed by atoms with van der Waals surface area (Å²) in [4.78, 5) is 13.9. The fourth-order valence-corrected chi connectivity index (χ4v) is 2.86. The number of amides is 1. The summed E-state index contributed by atoms with van der Waals surface area (Å²) in [6, 6.07) is 0.277. The second-order valence-corrected chi connectivity index (χ2v) is 5.81. The highest BCUT2D eigenvalue weighted by Crippen LogP contribution is 2.22. The first kappa shape index (κ1) is 13.8. The van der Waals surface area contributed by atoms with Gasteiger partial charge in [-0.3, -0.25) is 4.79 Å². The number of carbonyl (C=O) groups excluding carboxylic acids is 1. The Hall–Kier alpha value is -0.220. The quantitative estimate of drug-likeness (QED) is 0.727. The summed E-state index contributed by atoms with van der Waals surface area (Å²) >= 11 is 1.81. The molecule has 1 saturated heterocycles. The average Bonchev–Trinajstić information content (AvgIpc) is 2.65. The van der Waals surface area contributed by atoms with Crippen LogP contribution in [0.1, 0.15) is 39.5 Å². The summed E-state index contributed by atoms with van der Waals surface area (Å²) in [5.41, 5.74) is 0. The summed E-state index contributed by atoms with van der Waals surface area (Å²) in [6.07, 6.45) is 3.21. The van der Waals surface area contributed by atoms with Crippen LogP contribution in [0.25, 0.3) is 0 Å². The van der Waals surface area contributed by atoms with E-state index in [-0.39, 0.29) is 18.1 Å². The standard InChI is InChI=1S/C12H23NO2S/c1-3-16-8-6-12(15)13-7-4-5-11(13)9-10(2)14/h10-11,14H,3-9H2,1-2H3. The number of aliphatic hydroxyl groups is 1. The van der Waals surface area contributed by atoms with Crippen molar-refractivity contribution >= 4 is 17.7 Å². The molecule has 94 valence electrons. The van der Waals surface area contributed by atoms with Gasteiger partial charge in [0.1, 0.15) is 0 Å². The van der Waals surface area contributed by atoms with Crippen molar-refractivity contribution in [2.75, 3.05) is 18.1 Å². The van der Waals surface area contributed by atoms with E-state index in [2.05, 4.69) is 6.92 Å². The number of thioether (sulfide) groups is 1. The molecule has 0 saturated carbocycles. The van der Waals surface area contributed by atoms with Crippen LogP contribution in [0.15, 0.2) is 0 Å². The van der Waals surface area contributed by atoms with Gasteiger partial charge in [0.25, 0.3) is 0 Å². The van der Waals surface area contributed by atoms with Crippen molar-refractivity contribution in [2.24, 2.45) is 0 Å². The summed E-state index contributed by atoms with van der Waals surface area (Å²) < 4.78 is 0. The van der Waals surface area contributed by atoms with E-state index in [4.69, 9.17) is 0 Å². The van der Waals surface area contributed by atoms with Crippen molar-refractivity contribution < 1.29 is 9.90 Å². The Labute approximate surface area is 103 Å². The zero-order valence-electron chi connectivity index (χ0n) is 10.3. The molecule has 1 N–H and O–H groups in total. The smallest absolute Gasteiger partial charge is 0.223 e. The Bertz CT molecular complexity index is 221. The molecule has 3 nitrogen and oxygen atoms in total. The predicted octanol–water partition coefficient (Wildman–Crippen LogP) is 1.89. The average molecular weight is 245 g/mol. The number of hydrogen-bond acceptors (Lipinski definition) is 3. The molecular weight excluding hydrogens is 222 g/mol. The van der Waals surface area contributed by atoms with Gasteiger partial charge in [-0.1, -0.05) is 6.92 Å². The topological polar surface area (TPSA) is 40.5 Å². The van der Waals surface area contributed by atoms with Gasteiger partial charge in [-0.25, -0.2) is 0 Å². The normalized spacial score (nSPS) is 22.4. The number of hydrogen-bond donors (Lipinski definition) is 1. The molecule has 16 heavy (non-hydrogen) atoms. The van der Waals surface area contributed by atoms with Crippen molar-refractivity contribution in [3.8, 4) is 0 Å². The first-order valence-corrected chi connectivity index (χ1v) is 7.36. The fraction of sp³-hybridized carbons (Fsp3) is 0.917. The Kier molecular flexibility index (Phi) is 6.21. The minimum absolute atomic E-state index is 0.268. The van der Waals surface area contributed by atoms with Gasteiger partial charge in [0.15, 0.2) is 0 Å². The zero-order valence-corrected chi connectivity index (χ0v) is 11.1. The molecule has 4 heteroatoms. The molecule has 1 amide bonds. The molecule has 0 aliphatic carbocycles. The predicted molar refractivity (Wildman–Crippen MR) is 68.6 cm³/mol. The Balaban J connectivity index is 2.35. The maximum Gasteiger partial charge on any atom is 0.223 e. The number of likely N-dealkylation sites (tertiary alicyclic amines) is 1. The first-order valence-electron chi connectivity index (χ1n) is 6.20. The highest BCUT2D eigenvalue weighted by Gasteiger charge is 2.28. The third kappa shape index (κ3) is 4.34. The minimum Gasteiger partial charge on any atom is -0.393 e. The van der Waals surface area contributed by atoms with Crippen molar-refractivity contribution in [3.63, 3.8) is 0 Å². The molecule has 1 fully saturated rings. The molecule has 0 bridgehead atoms. The van der Waals surface area contributed by atoms with Gasteiger partial charge in [-0.15, -0.1) is 0 Å². The number of nitrogens with zero attached hydrogens (tertiary/aromatic N) is 1. The van der Waals surface area contributed by atoms with Crippen molar-refractivity contribution in [3.05, 3.63) is 0 Å². The molecule has 0 aromatic carbocycles. The Morgan fingerprint density at radius 2 is 2.38 bits per heavy atom. The maximum absolute atomic E-state index is 11.9. The number of carbonyl (C=O) groups is 1. The van der Waals surface area contributed by atoms with Gasteiger partial charge < -0.3 is 10.0 Å². The van der Waals surface area contributed by atoms with Crippen LogP contribution < -0.4 is 0 Å². The van der Waals surface area contributed by atoms with Crippen molar-refractivity contribution in [2.45, 2.75) is 51.7 Å². The Morgan fingerprint density at radius 1 is 1.62 bits per heavy atom. The van der Waals surface area contributed by atoms with Crippen LogP contribution in [0.5, 0.6) is 0 Å². The third-order valence-electron chi connectivity index (χ3n) is 2.98. The minimum atomic E-state index is -0.302. The number of aliphatic hydroxyl groups excluding tert-OH is 1. The molecule has 2 unspecified atom stereocenters. The highest BCUT2D eigenvalue weighted by molar-refractivity contribution is 7.99. The molecule has 0 spiro atoms.